The highest BCUT2D eigenvalue weighted by Gasteiger charge is 2.22. The van der Waals surface area contributed by atoms with E-state index in [4.69, 9.17) is 10.1 Å². The van der Waals surface area contributed by atoms with Gasteiger partial charge in [0.25, 0.3) is 5.56 Å². The van der Waals surface area contributed by atoms with Gasteiger partial charge in [0.15, 0.2) is 0 Å². The lowest BCUT2D eigenvalue weighted by Gasteiger charge is -2.26. The van der Waals surface area contributed by atoms with E-state index in [1.54, 1.807) is 12.3 Å². The maximum absolute atomic E-state index is 12.6. The Labute approximate surface area is 211 Å². The highest BCUT2D eigenvalue weighted by atomic mass is 16.4. The molecule has 0 radical (unpaired) electrons. The summed E-state index contributed by atoms with van der Waals surface area (Å²) in [7, 11) is 0. The number of H-pyrrole nitrogens is 1. The number of hydrogen-bond donors (Lipinski definition) is 3. The summed E-state index contributed by atoms with van der Waals surface area (Å²) in [5.41, 5.74) is 0.954. The number of allylic oxidation sites excluding steroid dienone is 4. The van der Waals surface area contributed by atoms with Crippen molar-refractivity contribution in [3.63, 3.8) is 0 Å². The van der Waals surface area contributed by atoms with E-state index < -0.39 is 5.97 Å². The number of anilines is 2. The molecule has 2 fully saturated rings. The smallest absolute Gasteiger partial charge is 0.303 e. The van der Waals surface area contributed by atoms with Crippen molar-refractivity contribution in [3.05, 3.63) is 53.1 Å². The zero-order valence-corrected chi connectivity index (χ0v) is 20.8. The minimum absolute atomic E-state index is 0.277. The zero-order chi connectivity index (χ0) is 25.3. The van der Waals surface area contributed by atoms with Crippen LogP contribution in [0, 0.1) is 11.8 Å². The lowest BCUT2D eigenvalue weighted by atomic mass is 9.79. The van der Waals surface area contributed by atoms with E-state index in [2.05, 4.69) is 38.1 Å². The van der Waals surface area contributed by atoms with Crippen molar-refractivity contribution in [2.45, 2.75) is 64.2 Å². The van der Waals surface area contributed by atoms with Crippen LogP contribution in [0.3, 0.4) is 0 Å². The van der Waals surface area contributed by atoms with Crippen LogP contribution < -0.4 is 15.8 Å². The molecule has 0 aromatic carbocycles. The number of carboxylic acid groups (broad SMARTS) is 1. The third kappa shape index (κ3) is 6.80. The first-order chi connectivity index (χ1) is 17.5. The number of carbonyl (C=O) groups is 1. The van der Waals surface area contributed by atoms with Gasteiger partial charge in [-0.15, -0.1) is 0 Å². The quantitative estimate of drug-likeness (QED) is 0.426. The van der Waals surface area contributed by atoms with Crippen LogP contribution in [0.1, 0.15) is 64.2 Å². The predicted octanol–water partition coefficient (Wildman–Crippen LogP) is 4.80. The van der Waals surface area contributed by atoms with E-state index >= 15 is 0 Å². The average Bonchev–Trinajstić information content (AvgIpc) is 3.14. The normalized spacial score (nSPS) is 21.4. The molecular formula is C27H36N6O3. The number of aromatic nitrogens is 4. The molecule has 0 bridgehead atoms. The highest BCUT2D eigenvalue weighted by Crippen LogP contribution is 2.33. The predicted molar refractivity (Wildman–Crippen MR) is 142 cm³/mol. The second kappa shape index (κ2) is 12.5. The Bertz CT molecular complexity index is 1170. The summed E-state index contributed by atoms with van der Waals surface area (Å²) in [6.45, 7) is 5.62. The molecule has 0 amide bonds. The maximum Gasteiger partial charge on any atom is 0.303 e. The molecule has 9 nitrogen and oxygen atoms in total. The molecule has 192 valence electrons. The Morgan fingerprint density at radius 2 is 1.86 bits per heavy atom. The van der Waals surface area contributed by atoms with Crippen molar-refractivity contribution in [2.75, 3.05) is 23.3 Å². The van der Waals surface area contributed by atoms with Crippen LogP contribution in [0.4, 0.5) is 11.8 Å². The lowest BCUT2D eigenvalue weighted by molar-refractivity contribution is -0.138. The van der Waals surface area contributed by atoms with E-state index in [1.165, 1.54) is 12.8 Å². The van der Waals surface area contributed by atoms with E-state index in [0.29, 0.717) is 34.5 Å². The molecule has 0 spiro atoms. The second-order valence-electron chi connectivity index (χ2n) is 9.84. The van der Waals surface area contributed by atoms with E-state index in [9.17, 15) is 9.59 Å². The van der Waals surface area contributed by atoms with Crippen LogP contribution in [0.2, 0.25) is 0 Å². The summed E-state index contributed by atoms with van der Waals surface area (Å²) in [4.78, 5) is 35.2. The highest BCUT2D eigenvalue weighted by molar-refractivity contribution is 5.89. The first-order valence-corrected chi connectivity index (χ1v) is 13.0. The van der Waals surface area contributed by atoms with Crippen LogP contribution in [-0.2, 0) is 4.79 Å². The minimum atomic E-state index is -0.700. The number of aromatic amines is 1. The van der Waals surface area contributed by atoms with Crippen LogP contribution in [0.15, 0.2) is 47.6 Å². The molecule has 0 atom stereocenters. The Kier molecular flexibility index (Phi) is 8.86. The number of rotatable bonds is 9. The number of nitrogens with one attached hydrogen (secondary N) is 2. The minimum Gasteiger partial charge on any atom is -0.481 e. The Morgan fingerprint density at radius 1 is 1.14 bits per heavy atom. The van der Waals surface area contributed by atoms with Crippen molar-refractivity contribution in [3.8, 4) is 0 Å². The van der Waals surface area contributed by atoms with E-state index in [0.717, 1.165) is 63.7 Å². The molecule has 3 N–H and O–H groups in total. The molecule has 4 rings (SSSR count). The summed E-state index contributed by atoms with van der Waals surface area (Å²) in [6, 6.07) is 0. The fourth-order valence-electron chi connectivity index (χ4n) is 5.20. The largest absolute Gasteiger partial charge is 0.481 e. The van der Waals surface area contributed by atoms with Gasteiger partial charge < -0.3 is 15.3 Å². The van der Waals surface area contributed by atoms with Gasteiger partial charge in [0.1, 0.15) is 16.7 Å². The third-order valence-electron chi connectivity index (χ3n) is 7.15. The van der Waals surface area contributed by atoms with E-state index in [1.807, 2.05) is 12.2 Å². The number of fused-ring (bicyclic) bond motifs is 1. The molecule has 2 aliphatic rings. The van der Waals surface area contributed by atoms with Gasteiger partial charge in [-0.25, -0.2) is 10.1 Å². The Hall–Kier alpha value is -3.49. The molecule has 1 saturated carbocycles. The van der Waals surface area contributed by atoms with Crippen molar-refractivity contribution >= 4 is 28.6 Å². The monoisotopic (exact) mass is 492 g/mol. The molecule has 3 heterocycles. The van der Waals surface area contributed by atoms with Crippen LogP contribution in [0.25, 0.3) is 10.9 Å². The fraction of sp³-hybridized carbons (Fsp3) is 0.519. The first-order valence-electron chi connectivity index (χ1n) is 13.0. The fourth-order valence-corrected chi connectivity index (χ4v) is 5.20. The van der Waals surface area contributed by atoms with Gasteiger partial charge in [-0.2, -0.15) is 10.1 Å². The van der Waals surface area contributed by atoms with Gasteiger partial charge in [-0.3, -0.25) is 9.59 Å². The summed E-state index contributed by atoms with van der Waals surface area (Å²) in [6.07, 6.45) is 19.1. The zero-order valence-electron chi connectivity index (χ0n) is 20.8. The van der Waals surface area contributed by atoms with Gasteiger partial charge in [-0.05, 0) is 68.9 Å². The molecule has 36 heavy (non-hydrogen) atoms. The van der Waals surface area contributed by atoms with Gasteiger partial charge in [0.2, 0.25) is 5.95 Å². The molecular weight excluding hydrogens is 456 g/mol. The standard InChI is InChI=1S/C27H36N6O3/c1-2-8-21(10-7-9-19-11-13-20(14-12-19)17-23(34)35)29-25-24-22(18-28-32-26(24)36)30-27(31-25)33-15-5-3-4-6-16-33/h2,7-8,10,18-20H,1,3-6,9,11-17H2,(H,32,36)(H,34,35)(H,29,30,31)/b10-7-,21-8+. The van der Waals surface area contributed by atoms with Crippen LogP contribution >= 0.6 is 0 Å². The number of carboxylic acids is 1. The molecule has 9 heteroatoms. The van der Waals surface area contributed by atoms with Crippen LogP contribution in [-0.4, -0.2) is 44.3 Å². The SMILES string of the molecule is C=C/C=C(\C=C/CC1CCC(CC(=O)O)CC1)Nc1nc(N2CCCCCC2)nc2cn[nH]c(=O)c12. The van der Waals surface area contributed by atoms with Crippen molar-refractivity contribution in [1.82, 2.24) is 20.2 Å². The molecule has 0 unspecified atom stereocenters. The van der Waals surface area contributed by atoms with Gasteiger partial charge in [0, 0.05) is 25.2 Å². The molecule has 1 aliphatic carbocycles. The molecule has 2 aromatic heterocycles. The Balaban J connectivity index is 1.50. The number of nitrogens with zero attached hydrogens (tertiary/aromatic N) is 4. The average molecular weight is 493 g/mol. The summed E-state index contributed by atoms with van der Waals surface area (Å²) in [5, 5.41) is 19.2. The topological polar surface area (TPSA) is 124 Å². The second-order valence-corrected chi connectivity index (χ2v) is 9.84. The summed E-state index contributed by atoms with van der Waals surface area (Å²) in [5.74, 6) is 1.22. The molecule has 1 aliphatic heterocycles. The van der Waals surface area contributed by atoms with Crippen molar-refractivity contribution in [2.24, 2.45) is 11.8 Å². The van der Waals surface area contributed by atoms with Gasteiger partial charge in [-0.1, -0.05) is 31.6 Å². The molecule has 2 aromatic rings. The first kappa shape index (κ1) is 25.6. The van der Waals surface area contributed by atoms with Gasteiger partial charge in [0.05, 0.1) is 6.20 Å². The third-order valence-corrected chi connectivity index (χ3v) is 7.15. The summed E-state index contributed by atoms with van der Waals surface area (Å²) >= 11 is 0. The van der Waals surface area contributed by atoms with E-state index in [-0.39, 0.29) is 12.0 Å². The maximum atomic E-state index is 12.6. The lowest BCUT2D eigenvalue weighted by Crippen LogP contribution is -2.27. The summed E-state index contributed by atoms with van der Waals surface area (Å²) < 4.78 is 0. The number of aliphatic carboxylic acids is 1. The van der Waals surface area contributed by atoms with Crippen molar-refractivity contribution < 1.29 is 9.90 Å². The Morgan fingerprint density at radius 3 is 2.56 bits per heavy atom. The molecule has 1 saturated heterocycles. The van der Waals surface area contributed by atoms with Crippen LogP contribution in [0.5, 0.6) is 0 Å². The van der Waals surface area contributed by atoms with Gasteiger partial charge >= 0.3 is 5.97 Å². The number of hydrogen-bond acceptors (Lipinski definition) is 7. The van der Waals surface area contributed by atoms with Crippen molar-refractivity contribution in [1.29, 1.82) is 0 Å².